The van der Waals surface area contributed by atoms with E-state index in [1.165, 1.54) is 25.7 Å². The fraction of sp³-hybridized carbons (Fsp3) is 0.389. The predicted molar refractivity (Wildman–Crippen MR) is 89.4 cm³/mol. The van der Waals surface area contributed by atoms with E-state index in [2.05, 4.69) is 26.3 Å². The highest BCUT2D eigenvalue weighted by atomic mass is 16.3. The minimum absolute atomic E-state index is 0.546. The summed E-state index contributed by atoms with van der Waals surface area (Å²) in [5.41, 5.74) is 2.33. The van der Waals surface area contributed by atoms with E-state index in [4.69, 9.17) is 0 Å². The molecule has 1 unspecified atom stereocenters. The van der Waals surface area contributed by atoms with E-state index in [9.17, 15) is 5.11 Å². The molecular weight excluding hydrogens is 302 g/mol. The van der Waals surface area contributed by atoms with Crippen LogP contribution in [0.2, 0.25) is 0 Å². The quantitative estimate of drug-likeness (QED) is 0.784. The normalized spacial score (nSPS) is 16.5. The van der Waals surface area contributed by atoms with Crippen molar-refractivity contribution >= 4 is 0 Å². The minimum atomic E-state index is -0.754. The molecule has 1 aromatic carbocycles. The summed E-state index contributed by atoms with van der Waals surface area (Å²) in [5, 5.41) is 23.3. The number of hydrogen-bond acceptors (Lipinski definition) is 4. The van der Waals surface area contributed by atoms with E-state index in [-0.39, 0.29) is 0 Å². The lowest BCUT2D eigenvalue weighted by atomic mass is 10.1. The van der Waals surface area contributed by atoms with Gasteiger partial charge in [0.05, 0.1) is 24.5 Å². The zero-order chi connectivity index (χ0) is 16.4. The van der Waals surface area contributed by atoms with Crippen LogP contribution >= 0.6 is 0 Å². The first-order valence-electron chi connectivity index (χ1n) is 8.47. The highest BCUT2D eigenvalue weighted by Crippen LogP contribution is 2.28. The van der Waals surface area contributed by atoms with Crippen LogP contribution in [0.25, 0.3) is 0 Å². The number of hydrogen-bond donors (Lipinski definition) is 1. The van der Waals surface area contributed by atoms with Gasteiger partial charge >= 0.3 is 0 Å². The summed E-state index contributed by atoms with van der Waals surface area (Å²) in [6.45, 7) is 0.564. The van der Waals surface area contributed by atoms with Crippen LogP contribution in [0.4, 0.5) is 0 Å². The van der Waals surface area contributed by atoms with E-state index in [1.54, 1.807) is 10.9 Å². The van der Waals surface area contributed by atoms with E-state index in [0.717, 1.165) is 11.3 Å². The molecule has 4 rings (SSSR count). The first-order chi connectivity index (χ1) is 11.8. The highest BCUT2D eigenvalue weighted by Gasteiger charge is 2.18. The molecular formula is C18H21N5O. The van der Waals surface area contributed by atoms with Gasteiger partial charge in [0, 0.05) is 6.20 Å². The molecule has 0 bridgehead atoms. The van der Waals surface area contributed by atoms with Gasteiger partial charge in [-0.05, 0) is 24.5 Å². The molecule has 0 amide bonds. The summed E-state index contributed by atoms with van der Waals surface area (Å²) in [7, 11) is 0. The third-order valence-corrected chi connectivity index (χ3v) is 4.64. The van der Waals surface area contributed by atoms with Gasteiger partial charge in [-0.25, -0.2) is 4.68 Å². The van der Waals surface area contributed by atoms with Gasteiger partial charge in [-0.15, -0.1) is 5.10 Å². The van der Waals surface area contributed by atoms with Crippen LogP contribution in [0.15, 0.2) is 48.8 Å². The maximum atomic E-state index is 10.4. The molecule has 2 aromatic heterocycles. The van der Waals surface area contributed by atoms with E-state index in [1.807, 2.05) is 36.4 Å². The second kappa shape index (κ2) is 6.57. The molecule has 1 fully saturated rings. The Bertz CT molecular complexity index is 789. The summed E-state index contributed by atoms with van der Waals surface area (Å²) < 4.78 is 3.81. The second-order valence-electron chi connectivity index (χ2n) is 6.38. The third kappa shape index (κ3) is 3.10. The van der Waals surface area contributed by atoms with Crippen molar-refractivity contribution in [3.05, 3.63) is 65.7 Å². The van der Waals surface area contributed by atoms with Crippen molar-refractivity contribution in [3.8, 4) is 0 Å². The average Bonchev–Trinajstić information content (AvgIpc) is 3.37. The average molecular weight is 323 g/mol. The molecule has 3 aromatic rings. The maximum absolute atomic E-state index is 10.4. The van der Waals surface area contributed by atoms with Crippen molar-refractivity contribution in [2.24, 2.45) is 0 Å². The zero-order valence-electron chi connectivity index (χ0n) is 13.5. The standard InChI is InChI=1S/C18H21N5O/c24-18(14-6-2-1-3-7-14)17-13-22(21-19-17)12-15-10-11-23(20-15)16-8-4-5-9-16/h1-3,6-7,10-11,13,16,18,24H,4-5,8-9,12H2. The van der Waals surface area contributed by atoms with Gasteiger partial charge < -0.3 is 5.11 Å². The van der Waals surface area contributed by atoms with Crippen LogP contribution in [0, 0.1) is 0 Å². The van der Waals surface area contributed by atoms with Gasteiger partial charge in [0.25, 0.3) is 0 Å². The summed E-state index contributed by atoms with van der Waals surface area (Å²) in [5.74, 6) is 0. The zero-order valence-corrected chi connectivity index (χ0v) is 13.5. The fourth-order valence-electron chi connectivity index (χ4n) is 3.32. The first kappa shape index (κ1) is 15.1. The number of benzene rings is 1. The largest absolute Gasteiger partial charge is 0.382 e. The van der Waals surface area contributed by atoms with Crippen LogP contribution in [0.5, 0.6) is 0 Å². The molecule has 1 aliphatic carbocycles. The van der Waals surface area contributed by atoms with E-state index in [0.29, 0.717) is 18.3 Å². The lowest BCUT2D eigenvalue weighted by Gasteiger charge is -2.08. The minimum Gasteiger partial charge on any atom is -0.382 e. The molecule has 0 saturated heterocycles. The highest BCUT2D eigenvalue weighted by molar-refractivity contribution is 5.23. The van der Waals surface area contributed by atoms with Gasteiger partial charge in [-0.1, -0.05) is 48.4 Å². The van der Waals surface area contributed by atoms with Crippen molar-refractivity contribution in [2.45, 2.75) is 44.4 Å². The Kier molecular flexibility index (Phi) is 4.13. The lowest BCUT2D eigenvalue weighted by molar-refractivity contribution is 0.215. The molecule has 24 heavy (non-hydrogen) atoms. The smallest absolute Gasteiger partial charge is 0.124 e. The summed E-state index contributed by atoms with van der Waals surface area (Å²) in [4.78, 5) is 0. The van der Waals surface area contributed by atoms with Gasteiger partial charge in [0.15, 0.2) is 0 Å². The number of aliphatic hydroxyl groups excluding tert-OH is 1. The summed E-state index contributed by atoms with van der Waals surface area (Å²) >= 11 is 0. The van der Waals surface area contributed by atoms with Crippen molar-refractivity contribution in [1.29, 1.82) is 0 Å². The molecule has 1 N–H and O–H groups in total. The number of aromatic nitrogens is 5. The van der Waals surface area contributed by atoms with Gasteiger partial charge in [-0.2, -0.15) is 5.10 Å². The predicted octanol–water partition coefficient (Wildman–Crippen LogP) is 2.72. The lowest BCUT2D eigenvalue weighted by Crippen LogP contribution is -2.07. The van der Waals surface area contributed by atoms with Crippen LogP contribution < -0.4 is 0 Å². The molecule has 124 valence electrons. The molecule has 0 spiro atoms. The van der Waals surface area contributed by atoms with Crippen LogP contribution in [0.1, 0.15) is 54.8 Å². The Morgan fingerprint density at radius 1 is 1.12 bits per heavy atom. The van der Waals surface area contributed by atoms with Gasteiger partial charge in [0.1, 0.15) is 11.8 Å². The molecule has 0 radical (unpaired) electrons. The molecule has 6 nitrogen and oxygen atoms in total. The van der Waals surface area contributed by atoms with Gasteiger partial charge in [-0.3, -0.25) is 4.68 Å². The maximum Gasteiger partial charge on any atom is 0.124 e. The van der Waals surface area contributed by atoms with Crippen molar-refractivity contribution in [1.82, 2.24) is 24.8 Å². The SMILES string of the molecule is OC(c1ccccc1)c1cn(Cc2ccn(C3CCCC3)n2)nn1. The summed E-state index contributed by atoms with van der Waals surface area (Å²) in [6.07, 6.45) is 8.12. The topological polar surface area (TPSA) is 68.8 Å². The summed E-state index contributed by atoms with van der Waals surface area (Å²) in [6, 6.07) is 12.1. The van der Waals surface area contributed by atoms with Crippen LogP contribution in [0.3, 0.4) is 0 Å². The fourth-order valence-corrected chi connectivity index (χ4v) is 3.32. The Labute approximate surface area is 140 Å². The molecule has 2 heterocycles. The Hall–Kier alpha value is -2.47. The molecule has 1 atom stereocenters. The van der Waals surface area contributed by atoms with E-state index < -0.39 is 6.10 Å². The molecule has 6 heteroatoms. The van der Waals surface area contributed by atoms with E-state index >= 15 is 0 Å². The molecule has 0 aliphatic heterocycles. The Morgan fingerprint density at radius 3 is 2.71 bits per heavy atom. The molecule has 1 saturated carbocycles. The monoisotopic (exact) mass is 323 g/mol. The number of rotatable bonds is 5. The van der Waals surface area contributed by atoms with Crippen molar-refractivity contribution in [3.63, 3.8) is 0 Å². The van der Waals surface area contributed by atoms with Crippen molar-refractivity contribution < 1.29 is 5.11 Å². The first-order valence-corrected chi connectivity index (χ1v) is 8.47. The van der Waals surface area contributed by atoms with Gasteiger partial charge in [0.2, 0.25) is 0 Å². The van der Waals surface area contributed by atoms with Crippen LogP contribution in [-0.4, -0.2) is 29.9 Å². The Balaban J connectivity index is 1.45. The van der Waals surface area contributed by atoms with Crippen molar-refractivity contribution in [2.75, 3.05) is 0 Å². The number of aliphatic hydroxyl groups is 1. The third-order valence-electron chi connectivity index (χ3n) is 4.64. The number of nitrogens with zero attached hydrogens (tertiary/aromatic N) is 5. The second-order valence-corrected chi connectivity index (χ2v) is 6.38. The van der Waals surface area contributed by atoms with Crippen LogP contribution in [-0.2, 0) is 6.54 Å². The molecule has 1 aliphatic rings. The Morgan fingerprint density at radius 2 is 1.92 bits per heavy atom.